The highest BCUT2D eigenvalue weighted by Gasteiger charge is 2.52. The maximum absolute atomic E-state index is 12.0. The molecule has 1 saturated heterocycles. The minimum absolute atomic E-state index is 0.204. The highest BCUT2D eigenvalue weighted by molar-refractivity contribution is 5.81. The van der Waals surface area contributed by atoms with E-state index in [0.29, 0.717) is 10.9 Å². The van der Waals surface area contributed by atoms with E-state index >= 15 is 0 Å². The van der Waals surface area contributed by atoms with Crippen LogP contribution in [0.15, 0.2) is 33.5 Å². The molecule has 0 aliphatic carbocycles. The molecule has 1 fully saturated rings. The highest BCUT2D eigenvalue weighted by Crippen LogP contribution is 2.30. The van der Waals surface area contributed by atoms with Crippen LogP contribution in [0.1, 0.15) is 33.3 Å². The number of benzene rings is 1. The summed E-state index contributed by atoms with van der Waals surface area (Å²) in [5.41, 5.74) is 0.427. The van der Waals surface area contributed by atoms with Crippen molar-refractivity contribution in [1.82, 2.24) is 5.32 Å². The van der Waals surface area contributed by atoms with Crippen molar-refractivity contribution in [3.05, 3.63) is 40.2 Å². The number of esters is 3. The number of nitrogens with one attached hydrogen (secondary N) is 1. The molecule has 0 saturated carbocycles. The van der Waals surface area contributed by atoms with E-state index in [1.807, 2.05) is 0 Å². The van der Waals surface area contributed by atoms with Gasteiger partial charge in [-0.15, -0.1) is 0 Å². The predicted octanol–water partition coefficient (Wildman–Crippen LogP) is 1.14. The normalized spacial score (nSPS) is 23.4. The third-order valence-corrected chi connectivity index (χ3v) is 5.25. The average molecular weight is 505 g/mol. The van der Waals surface area contributed by atoms with Gasteiger partial charge in [0.1, 0.15) is 30.1 Å². The molecule has 194 valence electrons. The van der Waals surface area contributed by atoms with Crippen molar-refractivity contribution < 1.29 is 47.3 Å². The number of fused-ring (bicyclic) bond motifs is 1. The molecule has 2 heterocycles. The van der Waals surface area contributed by atoms with Crippen LogP contribution in [0.25, 0.3) is 11.0 Å². The Morgan fingerprint density at radius 3 is 2.22 bits per heavy atom. The van der Waals surface area contributed by atoms with Crippen molar-refractivity contribution in [3.63, 3.8) is 0 Å². The van der Waals surface area contributed by atoms with Crippen LogP contribution in [0, 0.1) is 6.92 Å². The third kappa shape index (κ3) is 6.60. The Hall–Kier alpha value is -3.93. The Labute approximate surface area is 205 Å². The summed E-state index contributed by atoms with van der Waals surface area (Å²) in [7, 11) is 0. The van der Waals surface area contributed by atoms with Gasteiger partial charge in [-0.05, 0) is 24.6 Å². The molecule has 12 nitrogen and oxygen atoms in total. The summed E-state index contributed by atoms with van der Waals surface area (Å²) in [6, 6.07) is 4.98. The van der Waals surface area contributed by atoms with E-state index in [1.165, 1.54) is 26.0 Å². The molecular weight excluding hydrogens is 478 g/mol. The van der Waals surface area contributed by atoms with E-state index in [0.717, 1.165) is 13.8 Å². The predicted molar refractivity (Wildman–Crippen MR) is 122 cm³/mol. The molecule has 1 amide bonds. The van der Waals surface area contributed by atoms with E-state index in [-0.39, 0.29) is 17.9 Å². The first-order valence-corrected chi connectivity index (χ1v) is 11.1. The Morgan fingerprint density at radius 1 is 0.944 bits per heavy atom. The molecule has 12 heteroatoms. The molecule has 0 radical (unpaired) electrons. The lowest BCUT2D eigenvalue weighted by Crippen LogP contribution is -2.67. The molecule has 0 bridgehead atoms. The fourth-order valence-electron chi connectivity index (χ4n) is 3.90. The van der Waals surface area contributed by atoms with Gasteiger partial charge in [-0.25, -0.2) is 4.79 Å². The van der Waals surface area contributed by atoms with Gasteiger partial charge in [0.25, 0.3) is 0 Å². The van der Waals surface area contributed by atoms with Crippen LogP contribution in [-0.2, 0) is 38.1 Å². The molecule has 1 N–H and O–H groups in total. The first kappa shape index (κ1) is 26.7. The minimum atomic E-state index is -1.29. The Balaban J connectivity index is 2.02. The standard InChI is InChI=1S/C24H27NO11/c1-11-8-20(30)35-18-9-16(6-7-17(11)18)34-24-21(25-12(2)26)23(33-15(5)29)22(32-14(4)28)19(36-24)10-31-13(3)27/h6-9,19,21-24H,10H2,1-5H3,(H,25,26)/t19-,21-,22+,23-,24-/m0/s1. The van der Waals surface area contributed by atoms with Crippen molar-refractivity contribution in [3.8, 4) is 5.75 Å². The Bertz CT molecular complexity index is 1220. The fourth-order valence-corrected chi connectivity index (χ4v) is 3.90. The zero-order chi connectivity index (χ0) is 26.6. The monoisotopic (exact) mass is 505 g/mol. The van der Waals surface area contributed by atoms with Gasteiger partial charge in [-0.1, -0.05) is 0 Å². The molecule has 1 aliphatic heterocycles. The van der Waals surface area contributed by atoms with Gasteiger partial charge < -0.3 is 33.4 Å². The summed E-state index contributed by atoms with van der Waals surface area (Å²) >= 11 is 0. The van der Waals surface area contributed by atoms with E-state index < -0.39 is 60.1 Å². The minimum Gasteiger partial charge on any atom is -0.463 e. The zero-order valence-electron chi connectivity index (χ0n) is 20.4. The quantitative estimate of drug-likeness (QED) is 0.327. The second-order valence-corrected chi connectivity index (χ2v) is 8.24. The SMILES string of the molecule is CC(=O)N[C@@H]1[C@@H](Oc2ccc3c(C)cc(=O)oc3c2)O[C@@H](COC(C)=O)[C@@H](OC(C)=O)[C@H]1OC(C)=O. The maximum Gasteiger partial charge on any atom is 0.336 e. The summed E-state index contributed by atoms with van der Waals surface area (Å²) in [4.78, 5) is 59.0. The first-order chi connectivity index (χ1) is 16.9. The van der Waals surface area contributed by atoms with E-state index in [4.69, 9.17) is 28.1 Å². The molecular formula is C24H27NO11. The first-order valence-electron chi connectivity index (χ1n) is 11.1. The number of carbonyl (C=O) groups excluding carboxylic acids is 4. The van der Waals surface area contributed by atoms with Crippen LogP contribution in [0.3, 0.4) is 0 Å². The number of aryl methyl sites for hydroxylation is 1. The van der Waals surface area contributed by atoms with Crippen molar-refractivity contribution in [1.29, 1.82) is 0 Å². The summed E-state index contributed by atoms with van der Waals surface area (Å²) in [5.74, 6) is -2.35. The van der Waals surface area contributed by atoms with Gasteiger partial charge in [-0.2, -0.15) is 0 Å². The summed E-state index contributed by atoms with van der Waals surface area (Å²) < 4.78 is 33.1. The molecule has 1 aromatic carbocycles. The number of ether oxygens (including phenoxy) is 5. The van der Waals surface area contributed by atoms with Crippen molar-refractivity contribution >= 4 is 34.8 Å². The van der Waals surface area contributed by atoms with Gasteiger partial charge in [0, 0.05) is 45.2 Å². The van der Waals surface area contributed by atoms with Crippen molar-refractivity contribution in [2.24, 2.45) is 0 Å². The number of hydrogen-bond acceptors (Lipinski definition) is 11. The van der Waals surface area contributed by atoms with Crippen molar-refractivity contribution in [2.75, 3.05) is 6.61 Å². The largest absolute Gasteiger partial charge is 0.463 e. The molecule has 1 aromatic heterocycles. The topological polar surface area (TPSA) is 157 Å². The van der Waals surface area contributed by atoms with Gasteiger partial charge >= 0.3 is 23.5 Å². The summed E-state index contributed by atoms with van der Waals surface area (Å²) in [6.07, 6.45) is -4.90. The summed E-state index contributed by atoms with van der Waals surface area (Å²) in [6.45, 7) is 6.12. The lowest BCUT2D eigenvalue weighted by atomic mass is 9.96. The van der Waals surface area contributed by atoms with Gasteiger partial charge in [0.05, 0.1) is 0 Å². The molecule has 3 rings (SSSR count). The van der Waals surface area contributed by atoms with Crippen molar-refractivity contribution in [2.45, 2.75) is 65.3 Å². The van der Waals surface area contributed by atoms with Gasteiger partial charge in [0.2, 0.25) is 12.2 Å². The zero-order valence-corrected chi connectivity index (χ0v) is 20.4. The third-order valence-electron chi connectivity index (χ3n) is 5.25. The van der Waals surface area contributed by atoms with Crippen LogP contribution in [0.4, 0.5) is 0 Å². The molecule has 0 unspecified atom stereocenters. The van der Waals surface area contributed by atoms with Gasteiger partial charge in [-0.3, -0.25) is 19.2 Å². The van der Waals surface area contributed by atoms with Crippen LogP contribution in [-0.4, -0.2) is 61.1 Å². The Kier molecular flexibility index (Phi) is 8.30. The smallest absolute Gasteiger partial charge is 0.336 e. The average Bonchev–Trinajstić information content (AvgIpc) is 2.75. The fraction of sp³-hybridized carbons (Fsp3) is 0.458. The number of amides is 1. The van der Waals surface area contributed by atoms with E-state index in [9.17, 15) is 24.0 Å². The second kappa shape index (κ2) is 11.2. The van der Waals surface area contributed by atoms with Crippen LogP contribution >= 0.6 is 0 Å². The summed E-state index contributed by atoms with van der Waals surface area (Å²) in [5, 5.41) is 3.30. The lowest BCUT2D eigenvalue weighted by molar-refractivity contribution is -0.257. The highest BCUT2D eigenvalue weighted by atomic mass is 16.7. The van der Waals surface area contributed by atoms with Crippen LogP contribution < -0.4 is 15.7 Å². The van der Waals surface area contributed by atoms with Crippen LogP contribution in [0.5, 0.6) is 5.75 Å². The number of carbonyl (C=O) groups is 4. The molecule has 2 aromatic rings. The van der Waals surface area contributed by atoms with E-state index in [2.05, 4.69) is 5.32 Å². The lowest BCUT2D eigenvalue weighted by Gasteiger charge is -2.44. The molecule has 1 aliphatic rings. The number of rotatable bonds is 7. The van der Waals surface area contributed by atoms with E-state index in [1.54, 1.807) is 19.1 Å². The van der Waals surface area contributed by atoms with Crippen LogP contribution in [0.2, 0.25) is 0 Å². The second-order valence-electron chi connectivity index (χ2n) is 8.24. The molecule has 36 heavy (non-hydrogen) atoms. The Morgan fingerprint density at radius 2 is 1.61 bits per heavy atom. The number of hydrogen-bond donors (Lipinski definition) is 1. The van der Waals surface area contributed by atoms with Gasteiger partial charge in [0.15, 0.2) is 12.2 Å². The maximum atomic E-state index is 12.0. The molecule has 0 spiro atoms. The molecule has 5 atom stereocenters.